The Labute approximate surface area is 125 Å². The van der Waals surface area contributed by atoms with Crippen LogP contribution in [0.1, 0.15) is 20.2 Å². The van der Waals surface area contributed by atoms with E-state index in [1.54, 1.807) is 0 Å². The zero-order valence-corrected chi connectivity index (χ0v) is 11.9. The Bertz CT molecular complexity index is 612. The number of carboxylic acid groups (broad SMARTS) is 1. The summed E-state index contributed by atoms with van der Waals surface area (Å²) in [5.41, 5.74) is 0.915. The van der Waals surface area contributed by atoms with Gasteiger partial charge in [0, 0.05) is 13.0 Å². The molecule has 6 nitrogen and oxygen atoms in total. The van der Waals surface area contributed by atoms with Gasteiger partial charge >= 0.3 is 12.1 Å². The van der Waals surface area contributed by atoms with Gasteiger partial charge in [0.2, 0.25) is 0 Å². The Morgan fingerprint density at radius 1 is 1.29 bits per heavy atom. The molecule has 110 valence electrons. The summed E-state index contributed by atoms with van der Waals surface area (Å²) in [6.07, 6.45) is 1.28. The minimum Gasteiger partial charge on any atom is -0.477 e. The molecule has 0 atom stereocenters. The van der Waals surface area contributed by atoms with Gasteiger partial charge in [-0.25, -0.2) is 14.6 Å². The molecule has 0 fully saturated rings. The summed E-state index contributed by atoms with van der Waals surface area (Å²) in [7, 11) is 0. The van der Waals surface area contributed by atoms with Gasteiger partial charge in [-0.3, -0.25) is 0 Å². The van der Waals surface area contributed by atoms with Gasteiger partial charge in [-0.2, -0.15) is 0 Å². The van der Waals surface area contributed by atoms with Crippen molar-refractivity contribution >= 4 is 23.4 Å². The third-order valence-electron chi connectivity index (χ3n) is 2.59. The average Bonchev–Trinajstić information content (AvgIpc) is 2.95. The smallest absolute Gasteiger partial charge is 0.407 e. The number of rotatable bonds is 6. The zero-order valence-electron chi connectivity index (χ0n) is 11.1. The molecule has 0 spiro atoms. The third kappa shape index (κ3) is 4.88. The molecule has 21 heavy (non-hydrogen) atoms. The summed E-state index contributed by atoms with van der Waals surface area (Å²) in [4.78, 5) is 26.3. The molecule has 0 unspecified atom stereocenters. The Kier molecular flexibility index (Phi) is 5.28. The molecular weight excluding hydrogens is 292 g/mol. The first-order valence-corrected chi connectivity index (χ1v) is 7.09. The third-order valence-corrected chi connectivity index (χ3v) is 3.63. The zero-order chi connectivity index (χ0) is 15.1. The lowest BCUT2D eigenvalue weighted by atomic mass is 10.2. The summed E-state index contributed by atoms with van der Waals surface area (Å²) < 4.78 is 5.05. The van der Waals surface area contributed by atoms with Crippen LogP contribution >= 0.6 is 11.3 Å². The van der Waals surface area contributed by atoms with Crippen molar-refractivity contribution in [1.82, 2.24) is 10.3 Å². The molecule has 0 aliphatic rings. The number of carbonyl (C=O) groups is 2. The van der Waals surface area contributed by atoms with Crippen LogP contribution in [0.2, 0.25) is 0 Å². The van der Waals surface area contributed by atoms with E-state index in [0.29, 0.717) is 18.0 Å². The van der Waals surface area contributed by atoms with E-state index < -0.39 is 12.1 Å². The number of carbonyl (C=O) groups excluding carboxylic acids is 1. The maximum Gasteiger partial charge on any atom is 0.407 e. The van der Waals surface area contributed by atoms with Crippen molar-refractivity contribution < 1.29 is 19.4 Å². The SMILES string of the molecule is O=C(NCCc1ncc(C(=O)O)s1)OCc1ccccc1. The van der Waals surface area contributed by atoms with Gasteiger partial charge in [0.1, 0.15) is 11.5 Å². The summed E-state index contributed by atoms with van der Waals surface area (Å²) >= 11 is 1.10. The molecule has 1 aromatic heterocycles. The number of benzene rings is 1. The number of aromatic nitrogens is 1. The molecule has 0 aliphatic heterocycles. The lowest BCUT2D eigenvalue weighted by molar-refractivity contribution is 0.0702. The van der Waals surface area contributed by atoms with Crippen LogP contribution in [0.15, 0.2) is 36.5 Å². The van der Waals surface area contributed by atoms with Crippen molar-refractivity contribution in [3.05, 3.63) is 52.0 Å². The monoisotopic (exact) mass is 306 g/mol. The highest BCUT2D eigenvalue weighted by molar-refractivity contribution is 7.13. The van der Waals surface area contributed by atoms with E-state index >= 15 is 0 Å². The summed E-state index contributed by atoms with van der Waals surface area (Å²) in [5, 5.41) is 12.0. The maximum atomic E-state index is 11.5. The van der Waals surface area contributed by atoms with Crippen LogP contribution in [0, 0.1) is 0 Å². The molecule has 2 aromatic rings. The molecule has 1 heterocycles. The summed E-state index contributed by atoms with van der Waals surface area (Å²) in [6, 6.07) is 9.38. The molecule has 2 rings (SSSR count). The van der Waals surface area contributed by atoms with Crippen molar-refractivity contribution in [2.45, 2.75) is 13.0 Å². The normalized spacial score (nSPS) is 10.1. The minimum atomic E-state index is -0.992. The van der Waals surface area contributed by atoms with Crippen LogP contribution < -0.4 is 5.32 Å². The second-order valence-corrected chi connectivity index (χ2v) is 5.28. The summed E-state index contributed by atoms with van der Waals surface area (Å²) in [6.45, 7) is 0.563. The molecular formula is C14H14N2O4S. The first-order chi connectivity index (χ1) is 10.1. The lowest BCUT2D eigenvalue weighted by Crippen LogP contribution is -2.26. The highest BCUT2D eigenvalue weighted by atomic mass is 32.1. The van der Waals surface area contributed by atoms with Crippen LogP contribution in [0.5, 0.6) is 0 Å². The second kappa shape index (κ2) is 7.39. The van der Waals surface area contributed by atoms with Crippen molar-refractivity contribution in [3.63, 3.8) is 0 Å². The molecule has 1 aromatic carbocycles. The van der Waals surface area contributed by atoms with E-state index in [9.17, 15) is 9.59 Å². The Hall–Kier alpha value is -2.41. The van der Waals surface area contributed by atoms with E-state index in [0.717, 1.165) is 16.9 Å². The average molecular weight is 306 g/mol. The van der Waals surface area contributed by atoms with Gasteiger partial charge in [-0.1, -0.05) is 30.3 Å². The topological polar surface area (TPSA) is 88.5 Å². The number of hydrogen-bond donors (Lipinski definition) is 2. The molecule has 2 N–H and O–H groups in total. The van der Waals surface area contributed by atoms with Gasteiger partial charge in [0.05, 0.1) is 11.2 Å². The quantitative estimate of drug-likeness (QED) is 0.855. The van der Waals surface area contributed by atoms with Gasteiger partial charge < -0.3 is 15.2 Å². The fraction of sp³-hybridized carbons (Fsp3) is 0.214. The lowest BCUT2D eigenvalue weighted by Gasteiger charge is -2.06. The van der Waals surface area contributed by atoms with Crippen LogP contribution in [0.3, 0.4) is 0 Å². The standard InChI is InChI=1S/C14H14N2O4S/c17-13(18)11-8-16-12(21-11)6-7-15-14(19)20-9-10-4-2-1-3-5-10/h1-5,8H,6-7,9H2,(H,15,19)(H,17,18). The molecule has 7 heteroatoms. The molecule has 0 saturated heterocycles. The highest BCUT2D eigenvalue weighted by Crippen LogP contribution is 2.12. The van der Waals surface area contributed by atoms with Gasteiger partial charge in [0.15, 0.2) is 0 Å². The van der Waals surface area contributed by atoms with Gasteiger partial charge in [-0.05, 0) is 5.56 Å². The van der Waals surface area contributed by atoms with Crippen LogP contribution in [0.4, 0.5) is 4.79 Å². The maximum absolute atomic E-state index is 11.5. The highest BCUT2D eigenvalue weighted by Gasteiger charge is 2.09. The molecule has 1 amide bonds. The Morgan fingerprint density at radius 3 is 2.71 bits per heavy atom. The molecule has 0 aliphatic carbocycles. The van der Waals surface area contributed by atoms with E-state index in [-0.39, 0.29) is 11.5 Å². The number of carboxylic acids is 1. The summed E-state index contributed by atoms with van der Waals surface area (Å²) in [5.74, 6) is -0.992. The van der Waals surface area contributed by atoms with Crippen molar-refractivity contribution in [1.29, 1.82) is 0 Å². The van der Waals surface area contributed by atoms with Crippen LogP contribution in [0.25, 0.3) is 0 Å². The fourth-order valence-corrected chi connectivity index (χ4v) is 2.33. The predicted octanol–water partition coefficient (Wildman–Crippen LogP) is 2.31. The first-order valence-electron chi connectivity index (χ1n) is 6.27. The van der Waals surface area contributed by atoms with Gasteiger partial charge in [0.25, 0.3) is 0 Å². The minimum absolute atomic E-state index is 0.191. The number of hydrogen-bond acceptors (Lipinski definition) is 5. The van der Waals surface area contributed by atoms with E-state index in [1.807, 2.05) is 30.3 Å². The molecule has 0 radical (unpaired) electrons. The largest absolute Gasteiger partial charge is 0.477 e. The van der Waals surface area contributed by atoms with Crippen LogP contribution in [-0.4, -0.2) is 28.7 Å². The number of amides is 1. The second-order valence-electron chi connectivity index (χ2n) is 4.16. The number of alkyl carbamates (subject to hydrolysis) is 1. The number of nitrogens with zero attached hydrogens (tertiary/aromatic N) is 1. The fourth-order valence-electron chi connectivity index (χ4n) is 1.57. The Morgan fingerprint density at radius 2 is 2.05 bits per heavy atom. The first kappa shape index (κ1) is 15.0. The molecule has 0 saturated carbocycles. The Balaban J connectivity index is 1.68. The predicted molar refractivity (Wildman–Crippen MR) is 77.4 cm³/mol. The molecule has 0 bridgehead atoms. The number of thiazole rings is 1. The van der Waals surface area contributed by atoms with E-state index in [1.165, 1.54) is 6.20 Å². The van der Waals surface area contributed by atoms with Crippen LogP contribution in [-0.2, 0) is 17.8 Å². The number of nitrogens with one attached hydrogen (secondary N) is 1. The van der Waals surface area contributed by atoms with E-state index in [2.05, 4.69) is 10.3 Å². The number of aromatic carboxylic acids is 1. The van der Waals surface area contributed by atoms with Crippen molar-refractivity contribution in [2.24, 2.45) is 0 Å². The van der Waals surface area contributed by atoms with Crippen molar-refractivity contribution in [2.75, 3.05) is 6.54 Å². The van der Waals surface area contributed by atoms with Crippen molar-refractivity contribution in [3.8, 4) is 0 Å². The van der Waals surface area contributed by atoms with Gasteiger partial charge in [-0.15, -0.1) is 11.3 Å². The van der Waals surface area contributed by atoms with E-state index in [4.69, 9.17) is 9.84 Å². The number of ether oxygens (including phenoxy) is 1.